The molecule has 0 heterocycles. The zero-order valence-corrected chi connectivity index (χ0v) is 13.8. The number of allylic oxidation sites excluding steroid dienone is 2. The Morgan fingerprint density at radius 1 is 1.09 bits per heavy atom. The van der Waals surface area contributed by atoms with Crippen LogP contribution in [-0.2, 0) is 9.59 Å². The minimum atomic E-state index is -1.37. The van der Waals surface area contributed by atoms with E-state index >= 15 is 0 Å². The first-order valence-corrected chi connectivity index (χ1v) is 8.24. The third-order valence-electron chi connectivity index (χ3n) is 5.37. The molecule has 124 valence electrons. The number of hydrogen-bond donors (Lipinski definition) is 2. The van der Waals surface area contributed by atoms with Crippen molar-refractivity contribution < 1.29 is 19.8 Å². The minimum Gasteiger partial charge on any atom is -0.481 e. The van der Waals surface area contributed by atoms with Gasteiger partial charge in [-0.25, -0.2) is 0 Å². The summed E-state index contributed by atoms with van der Waals surface area (Å²) in [5.74, 6) is -3.11. The predicted molar refractivity (Wildman–Crippen MR) is 86.6 cm³/mol. The normalized spacial score (nSPS) is 24.4. The molecule has 2 unspecified atom stereocenters. The third-order valence-corrected chi connectivity index (χ3v) is 5.37. The number of carboxylic acids is 2. The van der Waals surface area contributed by atoms with Gasteiger partial charge in [0.25, 0.3) is 0 Å². The molecule has 2 N–H and O–H groups in total. The summed E-state index contributed by atoms with van der Waals surface area (Å²) in [6.45, 7) is 6.06. The van der Waals surface area contributed by atoms with E-state index in [0.29, 0.717) is 12.8 Å². The van der Waals surface area contributed by atoms with Gasteiger partial charge >= 0.3 is 11.9 Å². The van der Waals surface area contributed by atoms with Crippen LogP contribution in [0.1, 0.15) is 59.3 Å². The van der Waals surface area contributed by atoms with E-state index in [1.54, 1.807) is 18.2 Å². The summed E-state index contributed by atoms with van der Waals surface area (Å²) in [7, 11) is 0. The fourth-order valence-corrected chi connectivity index (χ4v) is 3.96. The summed E-state index contributed by atoms with van der Waals surface area (Å²) >= 11 is 0. The summed E-state index contributed by atoms with van der Waals surface area (Å²) in [6, 6.07) is 0. The summed E-state index contributed by atoms with van der Waals surface area (Å²) < 4.78 is 0. The molecule has 0 fully saturated rings. The van der Waals surface area contributed by atoms with E-state index in [-0.39, 0.29) is 0 Å². The molecular formula is C18H28O4. The fraction of sp³-hybridized carbons (Fsp3) is 0.667. The Hall–Kier alpha value is -1.58. The fourth-order valence-electron chi connectivity index (χ4n) is 3.96. The first kappa shape index (κ1) is 18.5. The van der Waals surface area contributed by atoms with Gasteiger partial charge in [-0.3, -0.25) is 9.59 Å². The second kappa shape index (κ2) is 7.61. The Bertz CT molecular complexity index is 460. The van der Waals surface area contributed by atoms with E-state index in [0.717, 1.165) is 25.7 Å². The number of rotatable bonds is 9. The van der Waals surface area contributed by atoms with Crippen LogP contribution in [0.2, 0.25) is 0 Å². The molecule has 4 heteroatoms. The van der Waals surface area contributed by atoms with Crippen molar-refractivity contribution in [1.29, 1.82) is 0 Å². The smallest absolute Gasteiger partial charge is 0.315 e. The van der Waals surface area contributed by atoms with Gasteiger partial charge in [0.15, 0.2) is 0 Å². The first-order valence-electron chi connectivity index (χ1n) is 8.24. The van der Waals surface area contributed by atoms with Crippen molar-refractivity contribution in [3.05, 3.63) is 24.3 Å². The molecular weight excluding hydrogens is 280 g/mol. The topological polar surface area (TPSA) is 74.6 Å². The van der Waals surface area contributed by atoms with Crippen molar-refractivity contribution in [3.8, 4) is 0 Å². The van der Waals surface area contributed by atoms with Crippen LogP contribution in [0, 0.1) is 16.7 Å². The molecule has 22 heavy (non-hydrogen) atoms. The zero-order chi connectivity index (χ0) is 16.8. The Labute approximate surface area is 132 Å². The maximum atomic E-state index is 12.2. The third kappa shape index (κ3) is 2.96. The van der Waals surface area contributed by atoms with Crippen LogP contribution in [0.4, 0.5) is 0 Å². The van der Waals surface area contributed by atoms with Gasteiger partial charge in [0.05, 0.1) is 5.92 Å². The van der Waals surface area contributed by atoms with Crippen molar-refractivity contribution in [3.63, 3.8) is 0 Å². The first-order chi connectivity index (χ1) is 10.4. The van der Waals surface area contributed by atoms with Crippen molar-refractivity contribution in [2.45, 2.75) is 59.3 Å². The van der Waals surface area contributed by atoms with E-state index in [1.165, 1.54) is 6.08 Å². The highest BCUT2D eigenvalue weighted by atomic mass is 16.4. The summed E-state index contributed by atoms with van der Waals surface area (Å²) in [5, 5.41) is 19.6. The monoisotopic (exact) mass is 308 g/mol. The SMILES string of the molecule is CCCCCC(CC)(CC)C1(C(=O)O)C=CC=CC1C(=O)O. The molecule has 0 saturated heterocycles. The predicted octanol–water partition coefficient (Wildman–Crippen LogP) is 4.27. The lowest BCUT2D eigenvalue weighted by Crippen LogP contribution is -2.53. The lowest BCUT2D eigenvalue weighted by atomic mass is 9.52. The van der Waals surface area contributed by atoms with Crippen LogP contribution >= 0.6 is 0 Å². The number of carboxylic acid groups (broad SMARTS) is 2. The number of hydrogen-bond acceptors (Lipinski definition) is 2. The van der Waals surface area contributed by atoms with Gasteiger partial charge in [-0.15, -0.1) is 0 Å². The van der Waals surface area contributed by atoms with Crippen LogP contribution in [-0.4, -0.2) is 22.2 Å². The molecule has 0 aromatic carbocycles. The molecule has 2 atom stereocenters. The van der Waals surface area contributed by atoms with Gasteiger partial charge in [-0.05, 0) is 24.7 Å². The van der Waals surface area contributed by atoms with Crippen LogP contribution in [0.25, 0.3) is 0 Å². The van der Waals surface area contributed by atoms with E-state index < -0.39 is 28.7 Å². The van der Waals surface area contributed by atoms with Crippen molar-refractivity contribution >= 4 is 11.9 Å². The van der Waals surface area contributed by atoms with Gasteiger partial charge in [0.2, 0.25) is 0 Å². The lowest BCUT2D eigenvalue weighted by Gasteiger charge is -2.49. The molecule has 0 aromatic heterocycles. The Morgan fingerprint density at radius 2 is 1.73 bits per heavy atom. The molecule has 0 aromatic rings. The summed E-state index contributed by atoms with van der Waals surface area (Å²) in [4.78, 5) is 24.0. The zero-order valence-electron chi connectivity index (χ0n) is 13.8. The molecule has 0 aliphatic heterocycles. The molecule has 0 saturated carbocycles. The van der Waals surface area contributed by atoms with Gasteiger partial charge in [0, 0.05) is 0 Å². The molecule has 1 aliphatic carbocycles. The quantitative estimate of drug-likeness (QED) is 0.624. The van der Waals surface area contributed by atoms with Crippen molar-refractivity contribution in [1.82, 2.24) is 0 Å². The lowest BCUT2D eigenvalue weighted by molar-refractivity contribution is -0.167. The van der Waals surface area contributed by atoms with E-state index in [4.69, 9.17) is 0 Å². The molecule has 1 aliphatic rings. The van der Waals surface area contributed by atoms with Gasteiger partial charge in [-0.1, -0.05) is 64.3 Å². The highest BCUT2D eigenvalue weighted by molar-refractivity contribution is 5.88. The summed E-state index contributed by atoms with van der Waals surface area (Å²) in [5.41, 5.74) is -1.91. The van der Waals surface area contributed by atoms with Gasteiger partial charge in [0.1, 0.15) is 5.41 Å². The van der Waals surface area contributed by atoms with E-state index in [2.05, 4.69) is 6.92 Å². The molecule has 0 radical (unpaired) electrons. The molecule has 4 nitrogen and oxygen atoms in total. The minimum absolute atomic E-state index is 0.543. The maximum absolute atomic E-state index is 12.2. The molecule has 0 amide bonds. The number of unbranched alkanes of at least 4 members (excludes halogenated alkanes) is 2. The largest absolute Gasteiger partial charge is 0.481 e. The second-order valence-electron chi connectivity index (χ2n) is 6.18. The average Bonchev–Trinajstić information content (AvgIpc) is 2.51. The number of aliphatic carboxylic acids is 2. The van der Waals surface area contributed by atoms with E-state index in [9.17, 15) is 19.8 Å². The number of carbonyl (C=O) groups is 2. The average molecular weight is 308 g/mol. The molecule has 1 rings (SSSR count). The van der Waals surface area contributed by atoms with Crippen LogP contribution < -0.4 is 0 Å². The molecule has 0 spiro atoms. The van der Waals surface area contributed by atoms with Crippen LogP contribution in [0.3, 0.4) is 0 Å². The highest BCUT2D eigenvalue weighted by Gasteiger charge is 2.59. The van der Waals surface area contributed by atoms with Gasteiger partial charge in [-0.2, -0.15) is 0 Å². The second-order valence-corrected chi connectivity index (χ2v) is 6.18. The Balaban J connectivity index is 3.40. The van der Waals surface area contributed by atoms with Gasteiger partial charge < -0.3 is 10.2 Å². The van der Waals surface area contributed by atoms with E-state index in [1.807, 2.05) is 13.8 Å². The molecule has 0 bridgehead atoms. The van der Waals surface area contributed by atoms with Crippen LogP contribution in [0.5, 0.6) is 0 Å². The van der Waals surface area contributed by atoms with Crippen LogP contribution in [0.15, 0.2) is 24.3 Å². The summed E-state index contributed by atoms with van der Waals surface area (Å²) in [6.07, 6.45) is 11.5. The Morgan fingerprint density at radius 3 is 2.18 bits per heavy atom. The van der Waals surface area contributed by atoms with Crippen molar-refractivity contribution in [2.24, 2.45) is 16.7 Å². The highest BCUT2D eigenvalue weighted by Crippen LogP contribution is 2.56. The van der Waals surface area contributed by atoms with Crippen molar-refractivity contribution in [2.75, 3.05) is 0 Å². The maximum Gasteiger partial charge on any atom is 0.315 e. The Kier molecular flexibility index (Phi) is 6.39. The standard InChI is InChI=1S/C18H28O4/c1-4-7-9-12-17(5-2,6-3)18(16(21)22)13-10-8-11-14(18)15(19)20/h8,10-11,13-14H,4-7,9,12H2,1-3H3,(H,19,20)(H,21,22).